The fourth-order valence-corrected chi connectivity index (χ4v) is 2.76. The lowest BCUT2D eigenvalue weighted by molar-refractivity contribution is -0.133. The zero-order valence-electron chi connectivity index (χ0n) is 13.6. The van der Waals surface area contributed by atoms with Crippen LogP contribution in [-0.4, -0.2) is 30.0 Å². The van der Waals surface area contributed by atoms with Crippen molar-refractivity contribution in [3.05, 3.63) is 29.8 Å². The van der Waals surface area contributed by atoms with Crippen molar-refractivity contribution in [3.63, 3.8) is 0 Å². The van der Waals surface area contributed by atoms with Crippen molar-refractivity contribution in [1.82, 2.24) is 10.2 Å². The molecule has 21 heavy (non-hydrogen) atoms. The van der Waals surface area contributed by atoms with Crippen molar-refractivity contribution in [2.75, 3.05) is 13.7 Å². The molecular formula is C17H26N2O2. The Hall–Kier alpha value is -1.55. The molecule has 1 heterocycles. The largest absolute Gasteiger partial charge is 0.497 e. The van der Waals surface area contributed by atoms with E-state index in [0.717, 1.165) is 24.3 Å². The van der Waals surface area contributed by atoms with Crippen LogP contribution in [0.15, 0.2) is 24.3 Å². The second-order valence-electron chi connectivity index (χ2n) is 6.36. The highest BCUT2D eigenvalue weighted by molar-refractivity contribution is 5.88. The number of benzene rings is 1. The Bertz CT molecular complexity index is 498. The standard InChI is InChI=1S/C17H26N2O2/c1-6-17(4)16(20)19(11-12(2)3)15(18-17)13-7-9-14(21-5)10-8-13/h7-10,12,15,18H,6,11H2,1-5H3. The summed E-state index contributed by atoms with van der Waals surface area (Å²) in [6.07, 6.45) is 0.725. The summed E-state index contributed by atoms with van der Waals surface area (Å²) < 4.78 is 5.21. The lowest BCUT2D eigenvalue weighted by Gasteiger charge is -2.26. The lowest BCUT2D eigenvalue weighted by Crippen LogP contribution is -2.43. The Kier molecular flexibility index (Phi) is 4.57. The molecule has 1 aliphatic rings. The Morgan fingerprint density at radius 3 is 2.43 bits per heavy atom. The van der Waals surface area contributed by atoms with E-state index >= 15 is 0 Å². The second-order valence-corrected chi connectivity index (χ2v) is 6.36. The van der Waals surface area contributed by atoms with E-state index in [9.17, 15) is 4.79 Å². The van der Waals surface area contributed by atoms with Crippen LogP contribution in [0.4, 0.5) is 0 Å². The van der Waals surface area contributed by atoms with Crippen LogP contribution in [-0.2, 0) is 4.79 Å². The first-order valence-corrected chi connectivity index (χ1v) is 7.64. The van der Waals surface area contributed by atoms with Crippen molar-refractivity contribution in [1.29, 1.82) is 0 Å². The molecule has 1 aliphatic heterocycles. The van der Waals surface area contributed by atoms with Gasteiger partial charge in [0.1, 0.15) is 11.9 Å². The molecule has 0 spiro atoms. The third-order valence-electron chi connectivity index (χ3n) is 4.20. The van der Waals surface area contributed by atoms with Crippen molar-refractivity contribution < 1.29 is 9.53 Å². The van der Waals surface area contributed by atoms with E-state index in [0.29, 0.717) is 5.92 Å². The van der Waals surface area contributed by atoms with Crippen LogP contribution >= 0.6 is 0 Å². The van der Waals surface area contributed by atoms with E-state index in [4.69, 9.17) is 4.74 Å². The third-order valence-corrected chi connectivity index (χ3v) is 4.20. The Morgan fingerprint density at radius 1 is 1.33 bits per heavy atom. The summed E-state index contributed by atoms with van der Waals surface area (Å²) in [6, 6.07) is 7.93. The van der Waals surface area contributed by atoms with Gasteiger partial charge in [-0.3, -0.25) is 10.1 Å². The highest BCUT2D eigenvalue weighted by Crippen LogP contribution is 2.33. The molecule has 116 valence electrons. The van der Waals surface area contributed by atoms with Gasteiger partial charge in [-0.05, 0) is 37.0 Å². The Morgan fingerprint density at radius 2 is 1.95 bits per heavy atom. The first-order chi connectivity index (χ1) is 9.91. The predicted octanol–water partition coefficient (Wildman–Crippen LogP) is 2.95. The van der Waals surface area contributed by atoms with E-state index in [-0.39, 0.29) is 12.1 Å². The first-order valence-electron chi connectivity index (χ1n) is 7.64. The molecule has 1 saturated heterocycles. The smallest absolute Gasteiger partial charge is 0.244 e. The fourth-order valence-electron chi connectivity index (χ4n) is 2.76. The molecule has 0 saturated carbocycles. The molecule has 0 aromatic heterocycles. The molecule has 0 bridgehead atoms. The van der Waals surface area contributed by atoms with Crippen molar-refractivity contribution in [2.24, 2.45) is 5.92 Å². The topological polar surface area (TPSA) is 41.6 Å². The van der Waals surface area contributed by atoms with Gasteiger partial charge in [0.15, 0.2) is 0 Å². The predicted molar refractivity (Wildman–Crippen MR) is 84.1 cm³/mol. The third kappa shape index (κ3) is 3.05. The number of carbonyl (C=O) groups is 1. The van der Waals surface area contributed by atoms with Gasteiger partial charge in [-0.2, -0.15) is 0 Å². The van der Waals surface area contributed by atoms with Gasteiger partial charge >= 0.3 is 0 Å². The number of nitrogens with one attached hydrogen (secondary N) is 1. The minimum absolute atomic E-state index is 0.0595. The van der Waals surface area contributed by atoms with E-state index in [2.05, 4.69) is 26.1 Å². The molecule has 1 aromatic carbocycles. The van der Waals surface area contributed by atoms with Crippen LogP contribution in [0.25, 0.3) is 0 Å². The van der Waals surface area contributed by atoms with Crippen LogP contribution < -0.4 is 10.1 Å². The van der Waals surface area contributed by atoms with E-state index in [1.165, 1.54) is 0 Å². The van der Waals surface area contributed by atoms with E-state index < -0.39 is 5.54 Å². The summed E-state index contributed by atoms with van der Waals surface area (Å²) >= 11 is 0. The zero-order chi connectivity index (χ0) is 15.6. The van der Waals surface area contributed by atoms with Crippen molar-refractivity contribution >= 4 is 5.91 Å². The minimum Gasteiger partial charge on any atom is -0.497 e. The summed E-state index contributed by atoms with van der Waals surface area (Å²) in [5.41, 5.74) is 0.626. The average molecular weight is 290 g/mol. The molecule has 0 aliphatic carbocycles. The molecule has 1 N–H and O–H groups in total. The van der Waals surface area contributed by atoms with Crippen LogP contribution in [0.3, 0.4) is 0 Å². The van der Waals surface area contributed by atoms with Gasteiger partial charge in [0.25, 0.3) is 0 Å². The molecule has 1 fully saturated rings. The van der Waals surface area contributed by atoms with E-state index in [1.54, 1.807) is 7.11 Å². The summed E-state index contributed by atoms with van der Waals surface area (Å²) in [5.74, 6) is 1.46. The van der Waals surface area contributed by atoms with Crippen molar-refractivity contribution in [3.8, 4) is 5.75 Å². The van der Waals surface area contributed by atoms with Gasteiger partial charge in [0.05, 0.1) is 12.6 Å². The second kappa shape index (κ2) is 6.06. The number of hydrogen-bond donors (Lipinski definition) is 1. The first kappa shape index (κ1) is 15.8. The average Bonchev–Trinajstić information content (AvgIpc) is 2.73. The molecule has 4 heteroatoms. The van der Waals surface area contributed by atoms with Gasteiger partial charge in [-0.1, -0.05) is 32.9 Å². The van der Waals surface area contributed by atoms with Crippen LogP contribution in [0.2, 0.25) is 0 Å². The van der Waals surface area contributed by atoms with Crippen molar-refractivity contribution in [2.45, 2.75) is 45.8 Å². The highest BCUT2D eigenvalue weighted by atomic mass is 16.5. The summed E-state index contributed by atoms with van der Waals surface area (Å²) in [6.45, 7) is 9.08. The molecule has 0 radical (unpaired) electrons. The maximum absolute atomic E-state index is 12.7. The number of methoxy groups -OCH3 is 1. The maximum atomic E-state index is 12.7. The molecule has 2 atom stereocenters. The molecular weight excluding hydrogens is 264 g/mol. The van der Waals surface area contributed by atoms with Crippen LogP contribution in [0.1, 0.15) is 45.8 Å². The number of rotatable bonds is 5. The van der Waals surface area contributed by atoms with Gasteiger partial charge in [-0.15, -0.1) is 0 Å². The molecule has 1 amide bonds. The van der Waals surface area contributed by atoms with Crippen LogP contribution in [0, 0.1) is 5.92 Å². The molecule has 4 nitrogen and oxygen atoms in total. The van der Waals surface area contributed by atoms with Gasteiger partial charge in [0.2, 0.25) is 5.91 Å². The number of hydrogen-bond acceptors (Lipinski definition) is 3. The SMILES string of the molecule is CCC1(C)NC(c2ccc(OC)cc2)N(CC(C)C)C1=O. The minimum atomic E-state index is -0.473. The maximum Gasteiger partial charge on any atom is 0.244 e. The quantitative estimate of drug-likeness (QED) is 0.906. The monoisotopic (exact) mass is 290 g/mol. The number of nitrogens with zero attached hydrogens (tertiary/aromatic N) is 1. The number of amides is 1. The Balaban J connectivity index is 2.31. The number of ether oxygens (including phenoxy) is 1. The lowest BCUT2D eigenvalue weighted by atomic mass is 9.99. The normalized spacial score (nSPS) is 25.7. The molecule has 1 aromatic rings. The fraction of sp³-hybridized carbons (Fsp3) is 0.588. The van der Waals surface area contributed by atoms with E-state index in [1.807, 2.05) is 36.1 Å². The summed E-state index contributed by atoms with van der Waals surface area (Å²) in [7, 11) is 1.66. The Labute approximate surface area is 127 Å². The highest BCUT2D eigenvalue weighted by Gasteiger charge is 2.47. The zero-order valence-corrected chi connectivity index (χ0v) is 13.6. The van der Waals surface area contributed by atoms with Gasteiger partial charge < -0.3 is 9.64 Å². The summed E-state index contributed by atoms with van der Waals surface area (Å²) in [5, 5.41) is 3.51. The van der Waals surface area contributed by atoms with Gasteiger partial charge in [-0.25, -0.2) is 0 Å². The molecule has 2 rings (SSSR count). The molecule has 2 unspecified atom stereocenters. The van der Waals surface area contributed by atoms with Crippen LogP contribution in [0.5, 0.6) is 5.75 Å². The number of carbonyl (C=O) groups excluding carboxylic acids is 1. The summed E-state index contributed by atoms with van der Waals surface area (Å²) in [4.78, 5) is 14.7. The van der Waals surface area contributed by atoms with Gasteiger partial charge in [0, 0.05) is 6.54 Å².